The second-order valence-corrected chi connectivity index (χ2v) is 12.7. The minimum atomic E-state index is -3.98. The van der Waals surface area contributed by atoms with E-state index in [2.05, 4.69) is 0 Å². The van der Waals surface area contributed by atoms with E-state index in [9.17, 15) is 18.0 Å². The highest BCUT2D eigenvalue weighted by atomic mass is 35.5. The topological polar surface area (TPSA) is 87.9 Å². The maximum atomic E-state index is 13.8. The molecule has 0 spiro atoms. The summed E-state index contributed by atoms with van der Waals surface area (Å²) in [6.45, 7) is 5.86. The van der Waals surface area contributed by atoms with E-state index in [0.29, 0.717) is 28.0 Å². The molecule has 0 aliphatic heterocycles. The van der Waals surface area contributed by atoms with Crippen LogP contribution in [0, 0.1) is 12.8 Å². The van der Waals surface area contributed by atoms with E-state index in [0.717, 1.165) is 11.1 Å². The van der Waals surface area contributed by atoms with Gasteiger partial charge >= 0.3 is 0 Å². The molecule has 210 valence electrons. The lowest BCUT2D eigenvalue weighted by atomic mass is 10.1. The van der Waals surface area contributed by atoms with E-state index < -0.39 is 15.9 Å². The van der Waals surface area contributed by atoms with Crippen LogP contribution < -0.4 is 5.43 Å². The zero-order valence-corrected chi connectivity index (χ0v) is 24.4. The first-order chi connectivity index (χ1) is 19.0. The van der Waals surface area contributed by atoms with Crippen molar-refractivity contribution >= 4 is 38.5 Å². The number of hydrogen-bond acceptors (Lipinski definition) is 5. The quantitative estimate of drug-likeness (QED) is 0.216. The van der Waals surface area contributed by atoms with Gasteiger partial charge in [0.2, 0.25) is 15.9 Å². The van der Waals surface area contributed by atoms with Crippen LogP contribution in [-0.2, 0) is 27.9 Å². The number of hydrogen-bond donors (Lipinski definition) is 0. The highest BCUT2D eigenvalue weighted by molar-refractivity contribution is 7.89. The lowest BCUT2D eigenvalue weighted by Gasteiger charge is -2.28. The molecule has 1 amide bonds. The lowest BCUT2D eigenvalue weighted by Crippen LogP contribution is -2.43. The Balaban J connectivity index is 1.68. The van der Waals surface area contributed by atoms with Crippen molar-refractivity contribution in [3.63, 3.8) is 0 Å². The molecule has 4 rings (SSSR count). The third-order valence-corrected chi connectivity index (χ3v) is 8.76. The molecule has 9 heteroatoms. The smallest absolute Gasteiger partial charge is 0.243 e. The van der Waals surface area contributed by atoms with Crippen molar-refractivity contribution in [3.8, 4) is 0 Å². The van der Waals surface area contributed by atoms with Gasteiger partial charge in [0.15, 0.2) is 5.43 Å². The first-order valence-corrected chi connectivity index (χ1v) is 14.9. The monoisotopic (exact) mass is 580 g/mol. The van der Waals surface area contributed by atoms with Gasteiger partial charge < -0.3 is 9.32 Å². The molecule has 0 N–H and O–H groups in total. The van der Waals surface area contributed by atoms with Crippen molar-refractivity contribution in [1.29, 1.82) is 0 Å². The van der Waals surface area contributed by atoms with Crippen LogP contribution >= 0.6 is 11.6 Å². The van der Waals surface area contributed by atoms with Crippen molar-refractivity contribution in [1.82, 2.24) is 9.21 Å². The first-order valence-electron chi connectivity index (χ1n) is 13.1. The maximum absolute atomic E-state index is 13.8. The molecule has 0 unspecified atom stereocenters. The molecule has 0 atom stereocenters. The summed E-state index contributed by atoms with van der Waals surface area (Å²) in [6, 6.07) is 20.7. The summed E-state index contributed by atoms with van der Waals surface area (Å²) in [6.07, 6.45) is 1.96. The van der Waals surface area contributed by atoms with E-state index in [4.69, 9.17) is 16.0 Å². The highest BCUT2D eigenvalue weighted by Crippen LogP contribution is 2.21. The van der Waals surface area contributed by atoms with Gasteiger partial charge in [-0.25, -0.2) is 8.42 Å². The van der Waals surface area contributed by atoms with Gasteiger partial charge in [-0.05, 0) is 61.2 Å². The molecule has 0 fully saturated rings. The summed E-state index contributed by atoms with van der Waals surface area (Å²) in [5.74, 6) is -0.196. The largest absolute Gasteiger partial charge is 0.464 e. The fourth-order valence-corrected chi connectivity index (χ4v) is 5.86. The third kappa shape index (κ3) is 7.18. The highest BCUT2D eigenvalue weighted by Gasteiger charge is 2.29. The Morgan fingerprint density at radius 3 is 2.35 bits per heavy atom. The van der Waals surface area contributed by atoms with Gasteiger partial charge in [0.1, 0.15) is 5.58 Å². The lowest BCUT2D eigenvalue weighted by molar-refractivity contribution is -0.132. The molecule has 7 nitrogen and oxygen atoms in total. The Bertz CT molecular complexity index is 1630. The summed E-state index contributed by atoms with van der Waals surface area (Å²) in [5.41, 5.74) is 2.33. The Morgan fingerprint density at radius 1 is 0.975 bits per heavy atom. The number of rotatable bonds is 11. The summed E-state index contributed by atoms with van der Waals surface area (Å²) >= 11 is 5.98. The minimum Gasteiger partial charge on any atom is -0.464 e. The fourth-order valence-electron chi connectivity index (χ4n) is 4.33. The van der Waals surface area contributed by atoms with Gasteiger partial charge in [0.05, 0.1) is 35.2 Å². The van der Waals surface area contributed by atoms with Gasteiger partial charge in [-0.15, -0.1) is 0 Å². The van der Waals surface area contributed by atoms with Crippen molar-refractivity contribution in [3.05, 3.63) is 111 Å². The molecular formula is C31H33ClN2O5S. The zero-order chi connectivity index (χ0) is 28.9. The fraction of sp³-hybridized carbons (Fsp3) is 0.290. The maximum Gasteiger partial charge on any atom is 0.243 e. The van der Waals surface area contributed by atoms with Crippen LogP contribution in [0.1, 0.15) is 37.0 Å². The number of nitrogens with zero attached hydrogens (tertiary/aromatic N) is 2. The van der Waals surface area contributed by atoms with Crippen LogP contribution in [0.2, 0.25) is 5.02 Å². The third-order valence-electron chi connectivity index (χ3n) is 6.65. The van der Waals surface area contributed by atoms with Gasteiger partial charge in [-0.1, -0.05) is 67.4 Å². The molecule has 3 aromatic carbocycles. The SMILES string of the molecule is Cc1ccc2occ(CN(Cc3ccccc3)C(=O)CN(CCC(C)C)S(=O)(=O)c3ccc(Cl)cc3)c(=O)c2c1. The Kier molecular flexibility index (Phi) is 9.45. The van der Waals surface area contributed by atoms with Gasteiger partial charge in [0, 0.05) is 18.1 Å². The number of amides is 1. The number of benzene rings is 3. The van der Waals surface area contributed by atoms with E-state index in [1.54, 1.807) is 12.1 Å². The normalized spacial score (nSPS) is 11.8. The molecule has 0 aliphatic carbocycles. The van der Waals surface area contributed by atoms with Crippen LogP contribution in [-0.4, -0.2) is 36.6 Å². The number of carbonyl (C=O) groups excluding carboxylic acids is 1. The van der Waals surface area contributed by atoms with Crippen LogP contribution in [0.5, 0.6) is 0 Å². The van der Waals surface area contributed by atoms with Crippen LogP contribution in [0.15, 0.2) is 93.2 Å². The molecule has 4 aromatic rings. The van der Waals surface area contributed by atoms with Gasteiger partial charge in [-0.2, -0.15) is 4.31 Å². The molecule has 0 aliphatic rings. The molecule has 1 heterocycles. The second-order valence-electron chi connectivity index (χ2n) is 10.3. The van der Waals surface area contributed by atoms with Crippen molar-refractivity contribution < 1.29 is 17.6 Å². The summed E-state index contributed by atoms with van der Waals surface area (Å²) in [7, 11) is -3.98. The molecule has 1 aromatic heterocycles. The molecular weight excluding hydrogens is 548 g/mol. The van der Waals surface area contributed by atoms with E-state index in [-0.39, 0.29) is 42.4 Å². The number of fused-ring (bicyclic) bond motifs is 1. The average molecular weight is 581 g/mol. The van der Waals surface area contributed by atoms with Crippen molar-refractivity contribution in [2.75, 3.05) is 13.1 Å². The van der Waals surface area contributed by atoms with Crippen LogP contribution in [0.3, 0.4) is 0 Å². The Hall–Kier alpha value is -3.46. The van der Waals surface area contributed by atoms with Crippen molar-refractivity contribution in [2.45, 2.75) is 45.2 Å². The van der Waals surface area contributed by atoms with Crippen LogP contribution in [0.4, 0.5) is 0 Å². The number of sulfonamides is 1. The average Bonchev–Trinajstić information content (AvgIpc) is 2.92. The number of aryl methyl sites for hydroxylation is 1. The molecule has 40 heavy (non-hydrogen) atoms. The van der Waals surface area contributed by atoms with Gasteiger partial charge in [-0.3, -0.25) is 9.59 Å². The van der Waals surface area contributed by atoms with Crippen molar-refractivity contribution in [2.24, 2.45) is 5.92 Å². The Labute approximate surface area is 240 Å². The van der Waals surface area contributed by atoms with E-state index >= 15 is 0 Å². The summed E-state index contributed by atoms with van der Waals surface area (Å²) in [5, 5.41) is 0.857. The van der Waals surface area contributed by atoms with E-state index in [1.807, 2.05) is 57.2 Å². The summed E-state index contributed by atoms with van der Waals surface area (Å²) < 4.78 is 34.2. The number of halogens is 1. The zero-order valence-electron chi connectivity index (χ0n) is 22.8. The predicted octanol–water partition coefficient (Wildman–Crippen LogP) is 6.02. The van der Waals surface area contributed by atoms with E-state index in [1.165, 1.54) is 39.7 Å². The van der Waals surface area contributed by atoms with Crippen LogP contribution in [0.25, 0.3) is 11.0 Å². The molecule has 0 radical (unpaired) electrons. The molecule has 0 bridgehead atoms. The first kappa shape index (κ1) is 29.5. The molecule has 0 saturated heterocycles. The summed E-state index contributed by atoms with van der Waals surface area (Å²) in [4.78, 5) is 28.7. The second kappa shape index (κ2) is 12.8. The Morgan fingerprint density at radius 2 is 1.68 bits per heavy atom. The predicted molar refractivity (Wildman–Crippen MR) is 158 cm³/mol. The number of carbonyl (C=O) groups is 1. The standard InChI is InChI=1S/C31H33ClN2O5S/c1-22(2)15-16-34(40(37,38)27-12-10-26(32)11-13-27)20-30(35)33(18-24-7-5-4-6-8-24)19-25-21-39-29-14-9-23(3)17-28(29)31(25)36/h4-14,17,21-22H,15-16,18-20H2,1-3H3. The van der Waals surface area contributed by atoms with Gasteiger partial charge in [0.25, 0.3) is 0 Å². The molecule has 0 saturated carbocycles. The minimum absolute atomic E-state index is 0.0288.